The number of nitrogens with zero attached hydrogens (tertiary/aromatic N) is 2. The Morgan fingerprint density at radius 3 is 2.72 bits per heavy atom. The van der Waals surface area contributed by atoms with E-state index in [0.717, 1.165) is 0 Å². The second-order valence-electron chi connectivity index (χ2n) is 3.04. The standard InChI is InChI=1S/C11H13N3O3S/c1-8(15)12-10(11(16)17)7-18-14-13-9-5-3-2-4-6-9/h2-6,10H,7H2,1H3,(H,12,15)(H,16,17)/i2D,3D,4D,5D,6D. The van der Waals surface area contributed by atoms with Crippen LogP contribution < -0.4 is 5.32 Å². The van der Waals surface area contributed by atoms with Crippen LogP contribution in [-0.4, -0.2) is 28.8 Å². The van der Waals surface area contributed by atoms with Gasteiger partial charge in [-0.1, -0.05) is 18.1 Å². The van der Waals surface area contributed by atoms with Crippen molar-refractivity contribution in [3.8, 4) is 0 Å². The fourth-order valence-corrected chi connectivity index (χ4v) is 1.47. The predicted octanol–water partition coefficient (Wildman–Crippen LogP) is 2.01. The van der Waals surface area contributed by atoms with Gasteiger partial charge in [0.25, 0.3) is 0 Å². The summed E-state index contributed by atoms with van der Waals surface area (Å²) in [6.07, 6.45) is 0. The molecular weight excluding hydrogens is 254 g/mol. The molecule has 2 N–H and O–H groups in total. The highest BCUT2D eigenvalue weighted by Crippen LogP contribution is 2.14. The Hall–Kier alpha value is -1.89. The van der Waals surface area contributed by atoms with Gasteiger partial charge in [-0.15, -0.1) is 9.63 Å². The van der Waals surface area contributed by atoms with Crippen molar-refractivity contribution in [2.75, 3.05) is 5.75 Å². The zero-order valence-corrected chi connectivity index (χ0v) is 10.2. The van der Waals surface area contributed by atoms with Gasteiger partial charge in [0.1, 0.15) is 6.04 Å². The number of amides is 1. The summed E-state index contributed by atoms with van der Waals surface area (Å²) in [7, 11) is 0. The number of carboxylic acid groups (broad SMARTS) is 1. The van der Waals surface area contributed by atoms with E-state index < -0.39 is 48.1 Å². The summed E-state index contributed by atoms with van der Waals surface area (Å²) in [5.41, 5.74) is -0.338. The lowest BCUT2D eigenvalue weighted by molar-refractivity contribution is -0.140. The lowest BCUT2D eigenvalue weighted by Crippen LogP contribution is -2.41. The molecule has 18 heavy (non-hydrogen) atoms. The maximum Gasteiger partial charge on any atom is 0.327 e. The second-order valence-corrected chi connectivity index (χ2v) is 3.80. The van der Waals surface area contributed by atoms with E-state index in [1.54, 1.807) is 0 Å². The van der Waals surface area contributed by atoms with Crippen LogP contribution in [0.25, 0.3) is 0 Å². The van der Waals surface area contributed by atoms with Crippen LogP contribution in [0, 0.1) is 0 Å². The fourth-order valence-electron chi connectivity index (χ4n) is 0.891. The highest BCUT2D eigenvalue weighted by atomic mass is 32.2. The average Bonchev–Trinajstić information content (AvgIpc) is 2.48. The Balaban J connectivity index is 2.87. The molecule has 7 heteroatoms. The van der Waals surface area contributed by atoms with Crippen LogP contribution in [0.1, 0.15) is 13.8 Å². The normalized spacial score (nSPS) is 16.2. The third-order valence-corrected chi connectivity index (χ3v) is 2.28. The first-order valence-corrected chi connectivity index (χ1v) is 5.70. The monoisotopic (exact) mass is 272 g/mol. The van der Waals surface area contributed by atoms with Gasteiger partial charge in [-0.2, -0.15) is 0 Å². The van der Waals surface area contributed by atoms with Crippen molar-refractivity contribution in [3.05, 3.63) is 30.2 Å². The maximum atomic E-state index is 10.9. The second kappa shape index (κ2) is 7.44. The highest BCUT2D eigenvalue weighted by Gasteiger charge is 2.17. The molecule has 1 amide bonds. The number of hydrogen-bond donors (Lipinski definition) is 2. The molecule has 0 spiro atoms. The lowest BCUT2D eigenvalue weighted by Gasteiger charge is -2.10. The zero-order chi connectivity index (χ0) is 17.7. The summed E-state index contributed by atoms with van der Waals surface area (Å²) in [5.74, 6) is -1.89. The van der Waals surface area contributed by atoms with Crippen LogP contribution >= 0.6 is 11.9 Å². The summed E-state index contributed by atoms with van der Waals surface area (Å²) in [5, 5.41) is 14.7. The molecule has 0 aliphatic carbocycles. The molecule has 1 unspecified atom stereocenters. The Kier molecular flexibility index (Phi) is 3.41. The van der Waals surface area contributed by atoms with E-state index >= 15 is 0 Å². The molecule has 1 aromatic rings. The molecule has 0 saturated heterocycles. The molecule has 96 valence electrons. The van der Waals surface area contributed by atoms with Gasteiger partial charge < -0.3 is 10.4 Å². The van der Waals surface area contributed by atoms with Crippen LogP contribution in [0.3, 0.4) is 0 Å². The number of rotatable bonds is 6. The topological polar surface area (TPSA) is 91.1 Å². The third-order valence-electron chi connectivity index (χ3n) is 1.60. The SMILES string of the molecule is [2H]c1c([2H])c([2H])c(N=NSCC(NC(C)=O)C(=O)O)c([2H])c1[2H]. The summed E-state index contributed by atoms with van der Waals surface area (Å²) in [6.45, 7) is 1.18. The fraction of sp³-hybridized carbons (Fsp3) is 0.273. The summed E-state index contributed by atoms with van der Waals surface area (Å²) < 4.78 is 41.2. The molecule has 1 aromatic carbocycles. The molecule has 0 fully saturated rings. The predicted molar refractivity (Wildman–Crippen MR) is 68.7 cm³/mol. The Bertz CT molecular complexity index is 642. The molecule has 0 bridgehead atoms. The van der Waals surface area contributed by atoms with Crippen LogP contribution in [0.15, 0.2) is 39.8 Å². The van der Waals surface area contributed by atoms with Crippen molar-refractivity contribution < 1.29 is 21.5 Å². The van der Waals surface area contributed by atoms with Gasteiger partial charge in [0.2, 0.25) is 5.91 Å². The van der Waals surface area contributed by atoms with E-state index in [1.165, 1.54) is 6.92 Å². The van der Waals surface area contributed by atoms with E-state index in [2.05, 4.69) is 15.0 Å². The average molecular weight is 272 g/mol. The van der Waals surface area contributed by atoms with Gasteiger partial charge in [0.05, 0.1) is 12.5 Å². The van der Waals surface area contributed by atoms with Crippen LogP contribution in [-0.2, 0) is 9.59 Å². The Morgan fingerprint density at radius 2 is 2.17 bits per heavy atom. The first kappa shape index (κ1) is 8.25. The molecule has 0 saturated carbocycles. The number of nitrogens with one attached hydrogen (secondary N) is 1. The minimum Gasteiger partial charge on any atom is -0.480 e. The minimum absolute atomic E-state index is 0.128. The van der Waals surface area contributed by atoms with Crippen molar-refractivity contribution in [1.82, 2.24) is 5.32 Å². The van der Waals surface area contributed by atoms with E-state index in [-0.39, 0.29) is 11.4 Å². The van der Waals surface area contributed by atoms with Crippen molar-refractivity contribution in [1.29, 1.82) is 0 Å². The van der Waals surface area contributed by atoms with E-state index in [9.17, 15) is 9.59 Å². The number of carboxylic acids is 1. The van der Waals surface area contributed by atoms with Gasteiger partial charge in [-0.25, -0.2) is 4.79 Å². The highest BCUT2D eigenvalue weighted by molar-refractivity contribution is 7.97. The van der Waals surface area contributed by atoms with Crippen LogP contribution in [0.2, 0.25) is 0 Å². The number of carbonyl (C=O) groups excluding carboxylic acids is 1. The molecule has 0 aliphatic heterocycles. The lowest BCUT2D eigenvalue weighted by atomic mass is 10.3. The number of aliphatic carboxylic acids is 1. The molecule has 0 aromatic heterocycles. The molecule has 0 heterocycles. The van der Waals surface area contributed by atoms with Crippen molar-refractivity contribution in [2.45, 2.75) is 13.0 Å². The Morgan fingerprint density at radius 1 is 1.50 bits per heavy atom. The summed E-state index contributed by atoms with van der Waals surface area (Å²) >= 11 is 0.687. The first-order valence-electron chi connectivity index (χ1n) is 7.26. The molecular formula is C11H13N3O3S. The van der Waals surface area contributed by atoms with Crippen molar-refractivity contribution in [3.63, 3.8) is 0 Å². The molecule has 0 aliphatic rings. The van der Waals surface area contributed by atoms with E-state index in [1.807, 2.05) is 0 Å². The van der Waals surface area contributed by atoms with E-state index in [0.29, 0.717) is 11.9 Å². The number of carbonyl (C=O) groups is 2. The number of benzene rings is 1. The Labute approximate surface area is 116 Å². The molecule has 1 rings (SSSR count). The van der Waals surface area contributed by atoms with Gasteiger partial charge >= 0.3 is 5.97 Å². The van der Waals surface area contributed by atoms with E-state index in [4.69, 9.17) is 12.0 Å². The smallest absolute Gasteiger partial charge is 0.327 e. The largest absolute Gasteiger partial charge is 0.480 e. The zero-order valence-electron chi connectivity index (χ0n) is 14.4. The summed E-state index contributed by atoms with van der Waals surface area (Å²) in [4.78, 5) is 21.8. The van der Waals surface area contributed by atoms with Crippen LogP contribution in [0.4, 0.5) is 5.69 Å². The molecule has 0 radical (unpaired) electrons. The van der Waals surface area contributed by atoms with Gasteiger partial charge in [0, 0.05) is 24.6 Å². The van der Waals surface area contributed by atoms with Crippen molar-refractivity contribution >= 4 is 29.5 Å². The molecule has 1 atom stereocenters. The quantitative estimate of drug-likeness (QED) is 0.612. The maximum absolute atomic E-state index is 10.9. The van der Waals surface area contributed by atoms with Crippen molar-refractivity contribution in [2.24, 2.45) is 9.63 Å². The summed E-state index contributed by atoms with van der Waals surface area (Å²) in [6, 6.07) is -3.79. The molecule has 6 nitrogen and oxygen atoms in total. The van der Waals surface area contributed by atoms with Crippen LogP contribution in [0.5, 0.6) is 0 Å². The third kappa shape index (κ3) is 5.44. The first-order chi connectivity index (χ1) is 10.7. The van der Waals surface area contributed by atoms with Gasteiger partial charge in [0.15, 0.2) is 0 Å². The van der Waals surface area contributed by atoms with Gasteiger partial charge in [-0.05, 0) is 12.1 Å². The number of hydrogen-bond acceptors (Lipinski definition) is 5. The minimum atomic E-state index is -1.24. The van der Waals surface area contributed by atoms with Gasteiger partial charge in [-0.3, -0.25) is 4.79 Å².